The first-order valence-corrected chi connectivity index (χ1v) is 9.19. The molecule has 1 saturated heterocycles. The number of hydrogen-bond donors (Lipinski definition) is 1. The van der Waals surface area contributed by atoms with Gasteiger partial charge in [0, 0.05) is 18.6 Å². The Morgan fingerprint density at radius 3 is 2.55 bits per heavy atom. The van der Waals surface area contributed by atoms with Crippen LogP contribution in [0.4, 0.5) is 0 Å². The van der Waals surface area contributed by atoms with E-state index in [2.05, 4.69) is 24.2 Å². The molecule has 3 fully saturated rings. The van der Waals surface area contributed by atoms with Gasteiger partial charge in [-0.25, -0.2) is 0 Å². The minimum absolute atomic E-state index is 0.774. The van der Waals surface area contributed by atoms with Gasteiger partial charge in [0.15, 0.2) is 0 Å². The lowest BCUT2D eigenvalue weighted by Crippen LogP contribution is -2.46. The van der Waals surface area contributed by atoms with Gasteiger partial charge in [-0.2, -0.15) is 0 Å². The monoisotopic (exact) mass is 278 g/mol. The number of nitrogens with one attached hydrogen (secondary N) is 1. The van der Waals surface area contributed by atoms with E-state index in [1.54, 1.807) is 0 Å². The third kappa shape index (κ3) is 3.22. The Morgan fingerprint density at radius 1 is 1.00 bits per heavy atom. The Bertz CT molecular complexity index is 298. The van der Waals surface area contributed by atoms with Gasteiger partial charge < -0.3 is 5.32 Å². The summed E-state index contributed by atoms with van der Waals surface area (Å²) >= 11 is 0. The van der Waals surface area contributed by atoms with Gasteiger partial charge in [-0.05, 0) is 76.3 Å². The third-order valence-electron chi connectivity index (χ3n) is 6.44. The molecule has 0 radical (unpaired) electrons. The largest absolute Gasteiger partial charge is 0.317 e. The highest BCUT2D eigenvalue weighted by molar-refractivity contribution is 4.91. The van der Waals surface area contributed by atoms with Crippen molar-refractivity contribution in [2.45, 2.75) is 76.8 Å². The van der Waals surface area contributed by atoms with E-state index in [-0.39, 0.29) is 0 Å². The predicted octanol–water partition coefficient (Wildman–Crippen LogP) is 3.67. The Hall–Kier alpha value is -0.0800. The molecular weight excluding hydrogens is 244 g/mol. The van der Waals surface area contributed by atoms with Crippen molar-refractivity contribution in [1.82, 2.24) is 10.2 Å². The van der Waals surface area contributed by atoms with Crippen molar-refractivity contribution in [3.8, 4) is 0 Å². The van der Waals surface area contributed by atoms with Crippen LogP contribution in [0.15, 0.2) is 0 Å². The summed E-state index contributed by atoms with van der Waals surface area (Å²) in [7, 11) is 2.17. The molecule has 0 bridgehead atoms. The molecule has 3 aliphatic rings. The highest BCUT2D eigenvalue weighted by Crippen LogP contribution is 2.37. The second kappa shape index (κ2) is 6.79. The molecule has 1 heterocycles. The number of hydrogen-bond acceptors (Lipinski definition) is 2. The SMILES string of the molecule is CNC1CCC(C)CC1CN1CCCC1C1CCCC1. The van der Waals surface area contributed by atoms with Crippen molar-refractivity contribution in [2.24, 2.45) is 17.8 Å². The summed E-state index contributed by atoms with van der Waals surface area (Å²) in [4.78, 5) is 2.89. The molecule has 0 aromatic heterocycles. The smallest absolute Gasteiger partial charge is 0.0124 e. The van der Waals surface area contributed by atoms with Crippen LogP contribution < -0.4 is 5.32 Å². The molecule has 116 valence electrons. The molecule has 2 saturated carbocycles. The normalized spacial score (nSPS) is 40.5. The second-order valence-electron chi connectivity index (χ2n) is 7.82. The van der Waals surface area contributed by atoms with Gasteiger partial charge in [-0.3, -0.25) is 4.90 Å². The van der Waals surface area contributed by atoms with E-state index in [0.717, 1.165) is 29.8 Å². The molecule has 3 rings (SSSR count). The van der Waals surface area contributed by atoms with Crippen LogP contribution >= 0.6 is 0 Å². The maximum Gasteiger partial charge on any atom is 0.0124 e. The number of nitrogens with zero attached hydrogens (tertiary/aromatic N) is 1. The van der Waals surface area contributed by atoms with E-state index in [0.29, 0.717) is 0 Å². The Labute approximate surface area is 125 Å². The van der Waals surface area contributed by atoms with E-state index >= 15 is 0 Å². The summed E-state index contributed by atoms with van der Waals surface area (Å²) in [6, 6.07) is 1.71. The van der Waals surface area contributed by atoms with E-state index in [9.17, 15) is 0 Å². The van der Waals surface area contributed by atoms with Crippen LogP contribution in [0.5, 0.6) is 0 Å². The third-order valence-corrected chi connectivity index (χ3v) is 6.44. The average Bonchev–Trinajstić information content (AvgIpc) is 3.09. The van der Waals surface area contributed by atoms with Gasteiger partial charge in [-0.1, -0.05) is 19.8 Å². The van der Waals surface area contributed by atoms with Gasteiger partial charge in [0.2, 0.25) is 0 Å². The summed E-state index contributed by atoms with van der Waals surface area (Å²) in [5, 5.41) is 3.61. The summed E-state index contributed by atoms with van der Waals surface area (Å²) in [5.41, 5.74) is 0. The van der Waals surface area contributed by atoms with E-state index in [4.69, 9.17) is 0 Å². The standard InChI is InChI=1S/C18H34N2/c1-14-9-10-17(19-2)16(12-14)13-20-11-5-8-18(20)15-6-3-4-7-15/h14-19H,3-13H2,1-2H3. The molecule has 2 nitrogen and oxygen atoms in total. The van der Waals surface area contributed by atoms with Crippen molar-refractivity contribution < 1.29 is 0 Å². The lowest BCUT2D eigenvalue weighted by atomic mass is 9.78. The van der Waals surface area contributed by atoms with Crippen molar-refractivity contribution >= 4 is 0 Å². The van der Waals surface area contributed by atoms with Crippen LogP contribution in [-0.2, 0) is 0 Å². The van der Waals surface area contributed by atoms with E-state index in [1.807, 2.05) is 0 Å². The van der Waals surface area contributed by atoms with Gasteiger partial charge in [-0.15, -0.1) is 0 Å². The van der Waals surface area contributed by atoms with E-state index < -0.39 is 0 Å². The van der Waals surface area contributed by atoms with Crippen LogP contribution in [0.2, 0.25) is 0 Å². The molecule has 0 aromatic carbocycles. The molecule has 1 aliphatic heterocycles. The van der Waals surface area contributed by atoms with Crippen LogP contribution in [0.1, 0.15) is 64.7 Å². The van der Waals surface area contributed by atoms with Crippen LogP contribution in [0.3, 0.4) is 0 Å². The molecule has 4 atom stereocenters. The molecule has 0 amide bonds. The Kier molecular flexibility index (Phi) is 5.04. The highest BCUT2D eigenvalue weighted by Gasteiger charge is 2.36. The van der Waals surface area contributed by atoms with Crippen LogP contribution in [0.25, 0.3) is 0 Å². The minimum atomic E-state index is 0.774. The average molecular weight is 278 g/mol. The summed E-state index contributed by atoms with van der Waals surface area (Å²) in [6.07, 6.45) is 13.2. The fourth-order valence-electron chi connectivity index (χ4n) is 5.34. The lowest BCUT2D eigenvalue weighted by molar-refractivity contribution is 0.117. The Balaban J connectivity index is 1.59. The first-order valence-electron chi connectivity index (χ1n) is 9.19. The molecule has 20 heavy (non-hydrogen) atoms. The molecular formula is C18H34N2. The molecule has 4 unspecified atom stereocenters. The molecule has 0 spiro atoms. The zero-order valence-corrected chi connectivity index (χ0v) is 13.6. The zero-order valence-electron chi connectivity index (χ0n) is 13.6. The molecule has 1 N–H and O–H groups in total. The fraction of sp³-hybridized carbons (Fsp3) is 1.00. The second-order valence-corrected chi connectivity index (χ2v) is 7.82. The topological polar surface area (TPSA) is 15.3 Å². The summed E-state index contributed by atoms with van der Waals surface area (Å²) < 4.78 is 0. The van der Waals surface area contributed by atoms with E-state index in [1.165, 1.54) is 70.9 Å². The summed E-state index contributed by atoms with van der Waals surface area (Å²) in [6.45, 7) is 5.21. The van der Waals surface area contributed by atoms with Crippen molar-refractivity contribution in [3.05, 3.63) is 0 Å². The predicted molar refractivity (Wildman–Crippen MR) is 85.9 cm³/mol. The maximum absolute atomic E-state index is 3.61. The molecule has 2 aliphatic carbocycles. The van der Waals surface area contributed by atoms with Crippen molar-refractivity contribution in [2.75, 3.05) is 20.1 Å². The number of rotatable bonds is 4. The zero-order chi connectivity index (χ0) is 13.9. The number of likely N-dealkylation sites (tertiary alicyclic amines) is 1. The minimum Gasteiger partial charge on any atom is -0.317 e. The maximum atomic E-state index is 3.61. The quantitative estimate of drug-likeness (QED) is 0.844. The van der Waals surface area contributed by atoms with Crippen LogP contribution in [0, 0.1) is 17.8 Å². The first kappa shape index (κ1) is 14.8. The molecule has 0 aromatic rings. The van der Waals surface area contributed by atoms with Crippen molar-refractivity contribution in [3.63, 3.8) is 0 Å². The Morgan fingerprint density at radius 2 is 1.80 bits per heavy atom. The van der Waals surface area contributed by atoms with Gasteiger partial charge >= 0.3 is 0 Å². The molecule has 2 heteroatoms. The highest BCUT2D eigenvalue weighted by atomic mass is 15.2. The van der Waals surface area contributed by atoms with Gasteiger partial charge in [0.25, 0.3) is 0 Å². The van der Waals surface area contributed by atoms with Crippen molar-refractivity contribution in [1.29, 1.82) is 0 Å². The summed E-state index contributed by atoms with van der Waals surface area (Å²) in [5.74, 6) is 2.87. The lowest BCUT2D eigenvalue weighted by Gasteiger charge is -2.39. The van der Waals surface area contributed by atoms with Crippen LogP contribution in [-0.4, -0.2) is 37.1 Å². The fourth-order valence-corrected chi connectivity index (χ4v) is 5.34. The van der Waals surface area contributed by atoms with Gasteiger partial charge in [0.1, 0.15) is 0 Å². The first-order chi connectivity index (χ1) is 9.78. The van der Waals surface area contributed by atoms with Gasteiger partial charge in [0.05, 0.1) is 0 Å².